The largest absolute Gasteiger partial charge is 0.496 e. The van der Waals surface area contributed by atoms with Gasteiger partial charge in [0, 0.05) is 18.9 Å². The molecule has 0 bridgehead atoms. The van der Waals surface area contributed by atoms with Crippen molar-refractivity contribution in [3.63, 3.8) is 0 Å². The highest BCUT2D eigenvalue weighted by Crippen LogP contribution is 2.26. The zero-order valence-corrected chi connectivity index (χ0v) is 9.03. The van der Waals surface area contributed by atoms with E-state index in [1.54, 1.807) is 13.3 Å². The second-order valence-corrected chi connectivity index (χ2v) is 3.48. The number of pyridine rings is 1. The molecule has 0 fully saturated rings. The number of nitrogens with zero attached hydrogens (tertiary/aromatic N) is 2. The van der Waals surface area contributed by atoms with Crippen molar-refractivity contribution in [1.82, 2.24) is 9.55 Å². The minimum absolute atomic E-state index is 0.645. The number of hydrogen-bond donors (Lipinski definition) is 1. The van der Waals surface area contributed by atoms with E-state index in [2.05, 4.69) is 15.6 Å². The fourth-order valence-electron chi connectivity index (χ4n) is 1.81. The molecule has 0 atom stereocenters. The molecule has 2 aromatic heterocycles. The third-order valence-electron chi connectivity index (χ3n) is 2.61. The van der Waals surface area contributed by atoms with Gasteiger partial charge in [-0.25, -0.2) is 4.98 Å². The van der Waals surface area contributed by atoms with E-state index in [0.29, 0.717) is 6.54 Å². The van der Waals surface area contributed by atoms with Crippen LogP contribution < -0.4 is 10.5 Å². The van der Waals surface area contributed by atoms with Gasteiger partial charge in [0.2, 0.25) is 0 Å². The maximum absolute atomic E-state index is 5.56. The van der Waals surface area contributed by atoms with Gasteiger partial charge in [-0.3, -0.25) is 0 Å². The molecule has 0 aliphatic carbocycles. The highest BCUT2D eigenvalue weighted by molar-refractivity contribution is 5.84. The van der Waals surface area contributed by atoms with Crippen LogP contribution in [-0.2, 0) is 13.5 Å². The van der Waals surface area contributed by atoms with Gasteiger partial charge in [0.1, 0.15) is 11.4 Å². The molecule has 2 heterocycles. The van der Waals surface area contributed by atoms with Crippen molar-refractivity contribution in [3.05, 3.63) is 24.0 Å². The molecule has 0 aromatic carbocycles. The molecule has 2 rings (SSSR count). The summed E-state index contributed by atoms with van der Waals surface area (Å²) in [4.78, 5) is 4.33. The Morgan fingerprint density at radius 3 is 3.00 bits per heavy atom. The van der Waals surface area contributed by atoms with Gasteiger partial charge in [0.15, 0.2) is 0 Å². The lowest BCUT2D eigenvalue weighted by Crippen LogP contribution is -2.06. The van der Waals surface area contributed by atoms with Crippen molar-refractivity contribution in [2.24, 2.45) is 12.8 Å². The monoisotopic (exact) mass is 205 g/mol. The van der Waals surface area contributed by atoms with Crippen molar-refractivity contribution < 1.29 is 4.74 Å². The Hall–Kier alpha value is -1.55. The van der Waals surface area contributed by atoms with Gasteiger partial charge < -0.3 is 15.0 Å². The Balaban J connectivity index is 2.64. The first-order chi connectivity index (χ1) is 7.27. The Morgan fingerprint density at radius 2 is 2.33 bits per heavy atom. The Morgan fingerprint density at radius 1 is 1.53 bits per heavy atom. The molecule has 2 aromatic rings. The Bertz CT molecular complexity index is 476. The molecular formula is C11H15N3O. The van der Waals surface area contributed by atoms with Crippen LogP contribution in [0.15, 0.2) is 18.3 Å². The predicted molar refractivity (Wildman–Crippen MR) is 60.0 cm³/mol. The molecule has 0 amide bonds. The van der Waals surface area contributed by atoms with Crippen LogP contribution in [0, 0.1) is 0 Å². The fraction of sp³-hybridized carbons (Fsp3) is 0.364. The van der Waals surface area contributed by atoms with Gasteiger partial charge in [0.05, 0.1) is 12.5 Å². The minimum atomic E-state index is 0.645. The third-order valence-corrected chi connectivity index (χ3v) is 2.61. The Labute approximate surface area is 88.7 Å². The number of fused-ring (bicyclic) bond motifs is 1. The molecule has 4 heteroatoms. The summed E-state index contributed by atoms with van der Waals surface area (Å²) in [7, 11) is 3.67. The SMILES string of the molecule is COc1ccnc2c1cc(CCN)n2C. The second-order valence-electron chi connectivity index (χ2n) is 3.48. The quantitative estimate of drug-likeness (QED) is 0.815. The number of aryl methyl sites for hydroxylation is 1. The summed E-state index contributed by atoms with van der Waals surface area (Å²) in [5.41, 5.74) is 7.68. The first-order valence-corrected chi connectivity index (χ1v) is 4.95. The molecule has 2 N–H and O–H groups in total. The molecule has 0 aliphatic rings. The van der Waals surface area contributed by atoms with Crippen molar-refractivity contribution in [3.8, 4) is 5.75 Å². The number of rotatable bonds is 3. The van der Waals surface area contributed by atoms with E-state index >= 15 is 0 Å². The molecule has 0 unspecified atom stereocenters. The number of ether oxygens (including phenoxy) is 1. The van der Waals surface area contributed by atoms with Gasteiger partial charge >= 0.3 is 0 Å². The van der Waals surface area contributed by atoms with Gasteiger partial charge in [-0.2, -0.15) is 0 Å². The Kier molecular flexibility index (Phi) is 2.60. The van der Waals surface area contributed by atoms with Crippen LogP contribution in [0.3, 0.4) is 0 Å². The molecular weight excluding hydrogens is 190 g/mol. The molecule has 0 spiro atoms. The van der Waals surface area contributed by atoms with Crippen LogP contribution in [0.2, 0.25) is 0 Å². The summed E-state index contributed by atoms with van der Waals surface area (Å²) in [6.45, 7) is 0.645. The van der Waals surface area contributed by atoms with Crippen LogP contribution in [-0.4, -0.2) is 23.2 Å². The first kappa shape index (κ1) is 9.98. The zero-order valence-electron chi connectivity index (χ0n) is 9.03. The third kappa shape index (κ3) is 1.57. The van der Waals surface area contributed by atoms with Gasteiger partial charge in [-0.1, -0.05) is 0 Å². The topological polar surface area (TPSA) is 53.1 Å². The number of methoxy groups -OCH3 is 1. The van der Waals surface area contributed by atoms with Crippen LogP contribution in [0.5, 0.6) is 5.75 Å². The smallest absolute Gasteiger partial charge is 0.143 e. The van der Waals surface area contributed by atoms with Crippen molar-refractivity contribution >= 4 is 11.0 Å². The van der Waals surface area contributed by atoms with E-state index in [1.807, 2.05) is 13.1 Å². The minimum Gasteiger partial charge on any atom is -0.496 e. The predicted octanol–water partition coefficient (Wildman–Crippen LogP) is 1.08. The fourth-order valence-corrected chi connectivity index (χ4v) is 1.81. The average molecular weight is 205 g/mol. The number of hydrogen-bond acceptors (Lipinski definition) is 3. The van der Waals surface area contributed by atoms with E-state index in [4.69, 9.17) is 10.5 Å². The van der Waals surface area contributed by atoms with Gasteiger partial charge in [-0.15, -0.1) is 0 Å². The second kappa shape index (κ2) is 3.90. The molecule has 80 valence electrons. The molecule has 0 radical (unpaired) electrons. The average Bonchev–Trinajstić information content (AvgIpc) is 2.57. The summed E-state index contributed by atoms with van der Waals surface area (Å²) in [6.07, 6.45) is 2.61. The van der Waals surface area contributed by atoms with Gasteiger partial charge in [-0.05, 0) is 25.1 Å². The summed E-state index contributed by atoms with van der Waals surface area (Å²) >= 11 is 0. The maximum atomic E-state index is 5.56. The number of nitrogens with two attached hydrogens (primary N) is 1. The van der Waals surface area contributed by atoms with Crippen molar-refractivity contribution in [1.29, 1.82) is 0 Å². The standard InChI is InChI=1S/C11H15N3O/c1-14-8(3-5-12)7-9-10(15-2)4-6-13-11(9)14/h4,6-7H,3,5,12H2,1-2H3. The summed E-state index contributed by atoms with van der Waals surface area (Å²) < 4.78 is 7.35. The van der Waals surface area contributed by atoms with Crippen LogP contribution >= 0.6 is 0 Å². The van der Waals surface area contributed by atoms with E-state index in [9.17, 15) is 0 Å². The van der Waals surface area contributed by atoms with Crippen molar-refractivity contribution in [2.75, 3.05) is 13.7 Å². The lowest BCUT2D eigenvalue weighted by molar-refractivity contribution is 0.419. The van der Waals surface area contributed by atoms with Crippen LogP contribution in [0.25, 0.3) is 11.0 Å². The van der Waals surface area contributed by atoms with Gasteiger partial charge in [0.25, 0.3) is 0 Å². The lowest BCUT2D eigenvalue weighted by Gasteiger charge is -2.02. The summed E-state index contributed by atoms with van der Waals surface area (Å²) in [5, 5.41) is 1.05. The highest BCUT2D eigenvalue weighted by atomic mass is 16.5. The normalized spacial score (nSPS) is 10.9. The number of aromatic nitrogens is 2. The molecule has 15 heavy (non-hydrogen) atoms. The maximum Gasteiger partial charge on any atom is 0.143 e. The van der Waals surface area contributed by atoms with Crippen LogP contribution in [0.1, 0.15) is 5.69 Å². The summed E-state index contributed by atoms with van der Waals surface area (Å²) in [6, 6.07) is 3.96. The molecule has 0 saturated heterocycles. The van der Waals surface area contributed by atoms with E-state index in [-0.39, 0.29) is 0 Å². The van der Waals surface area contributed by atoms with E-state index < -0.39 is 0 Å². The summed E-state index contributed by atoms with van der Waals surface area (Å²) in [5.74, 6) is 0.860. The van der Waals surface area contributed by atoms with E-state index in [1.165, 1.54) is 5.69 Å². The molecule has 0 saturated carbocycles. The molecule has 4 nitrogen and oxygen atoms in total. The van der Waals surface area contributed by atoms with Crippen molar-refractivity contribution in [2.45, 2.75) is 6.42 Å². The first-order valence-electron chi connectivity index (χ1n) is 4.95. The molecule has 0 aliphatic heterocycles. The van der Waals surface area contributed by atoms with E-state index in [0.717, 1.165) is 23.2 Å². The van der Waals surface area contributed by atoms with Crippen LogP contribution in [0.4, 0.5) is 0 Å². The highest BCUT2D eigenvalue weighted by Gasteiger charge is 2.09. The zero-order chi connectivity index (χ0) is 10.8. The lowest BCUT2D eigenvalue weighted by atomic mass is 10.2.